The molecule has 2 aromatic rings. The van der Waals surface area contributed by atoms with Crippen molar-refractivity contribution in [1.82, 2.24) is 9.47 Å². The first kappa shape index (κ1) is 14.2. The molecule has 2 bridgehead atoms. The molecule has 2 atom stereocenters. The van der Waals surface area contributed by atoms with Crippen molar-refractivity contribution in [3.63, 3.8) is 0 Å². The zero-order chi connectivity index (χ0) is 15.8. The Bertz CT molecular complexity index is 781. The highest BCUT2D eigenvalue weighted by Crippen LogP contribution is 2.35. The van der Waals surface area contributed by atoms with E-state index >= 15 is 0 Å². The molecular weight excluding hydrogens is 288 g/mol. The predicted molar refractivity (Wildman–Crippen MR) is 88.3 cm³/mol. The Balaban J connectivity index is 1.54. The number of rotatable bonds is 2. The fraction of sp³-hybridized carbons (Fsp3) is 0.368. The lowest BCUT2D eigenvalue weighted by Crippen LogP contribution is -2.49. The molecule has 118 valence electrons. The van der Waals surface area contributed by atoms with Crippen LogP contribution in [0.1, 0.15) is 23.6 Å². The van der Waals surface area contributed by atoms with Crippen LogP contribution in [0.3, 0.4) is 0 Å². The molecule has 1 aromatic carbocycles. The molecule has 4 nitrogen and oxygen atoms in total. The van der Waals surface area contributed by atoms with Crippen molar-refractivity contribution in [2.75, 3.05) is 13.1 Å². The number of carbonyl (C=O) groups excluding carboxylic acids is 1. The molecule has 2 aliphatic rings. The summed E-state index contributed by atoms with van der Waals surface area (Å²) in [6, 6.07) is 15.4. The average molecular weight is 308 g/mol. The summed E-state index contributed by atoms with van der Waals surface area (Å²) in [4.78, 5) is 26.7. The van der Waals surface area contributed by atoms with Crippen LogP contribution in [0.15, 0.2) is 53.3 Å². The summed E-state index contributed by atoms with van der Waals surface area (Å²) in [7, 11) is 0. The van der Waals surface area contributed by atoms with Crippen molar-refractivity contribution in [2.24, 2.45) is 5.92 Å². The molecule has 4 heteroatoms. The molecule has 4 rings (SSSR count). The molecule has 0 radical (unpaired) electrons. The number of hydrogen-bond acceptors (Lipinski definition) is 2. The third-order valence-electron chi connectivity index (χ3n) is 5.03. The van der Waals surface area contributed by atoms with Crippen LogP contribution in [0.4, 0.5) is 0 Å². The van der Waals surface area contributed by atoms with Gasteiger partial charge in [0.15, 0.2) is 0 Å². The van der Waals surface area contributed by atoms with Crippen LogP contribution in [-0.4, -0.2) is 28.5 Å². The van der Waals surface area contributed by atoms with Gasteiger partial charge in [-0.2, -0.15) is 0 Å². The van der Waals surface area contributed by atoms with E-state index < -0.39 is 0 Å². The number of likely N-dealkylation sites (tertiary alicyclic amines) is 1. The Morgan fingerprint density at radius 3 is 2.65 bits per heavy atom. The van der Waals surface area contributed by atoms with E-state index in [1.165, 1.54) is 0 Å². The number of aromatic nitrogens is 1. The molecule has 3 heterocycles. The molecule has 1 amide bonds. The lowest BCUT2D eigenvalue weighted by atomic mass is 9.83. The Morgan fingerprint density at radius 1 is 1.00 bits per heavy atom. The Hall–Kier alpha value is -2.36. The van der Waals surface area contributed by atoms with E-state index in [1.807, 2.05) is 51.9 Å². The quantitative estimate of drug-likeness (QED) is 0.852. The van der Waals surface area contributed by atoms with Crippen LogP contribution in [0.2, 0.25) is 0 Å². The van der Waals surface area contributed by atoms with Gasteiger partial charge in [0.1, 0.15) is 0 Å². The van der Waals surface area contributed by atoms with E-state index in [2.05, 4.69) is 0 Å². The number of nitrogens with zero attached hydrogens (tertiary/aromatic N) is 2. The van der Waals surface area contributed by atoms with Crippen molar-refractivity contribution in [2.45, 2.75) is 25.3 Å². The summed E-state index contributed by atoms with van der Waals surface area (Å²) in [5.74, 6) is 0.870. The number of piperidine rings is 1. The van der Waals surface area contributed by atoms with Crippen LogP contribution in [-0.2, 0) is 17.8 Å². The maximum absolute atomic E-state index is 12.6. The number of pyridine rings is 1. The molecule has 0 saturated carbocycles. The fourth-order valence-electron chi connectivity index (χ4n) is 3.98. The smallest absolute Gasteiger partial charge is 0.250 e. The van der Waals surface area contributed by atoms with Gasteiger partial charge in [0.25, 0.3) is 5.56 Å². The first-order valence-electron chi connectivity index (χ1n) is 8.22. The van der Waals surface area contributed by atoms with Crippen LogP contribution < -0.4 is 5.56 Å². The summed E-state index contributed by atoms with van der Waals surface area (Å²) in [5.41, 5.74) is 2.23. The molecule has 23 heavy (non-hydrogen) atoms. The highest BCUT2D eigenvalue weighted by atomic mass is 16.2. The normalized spacial score (nSPS) is 22.5. The zero-order valence-corrected chi connectivity index (χ0v) is 13.0. The van der Waals surface area contributed by atoms with Gasteiger partial charge in [-0.05, 0) is 24.0 Å². The molecule has 2 unspecified atom stereocenters. The molecule has 2 aliphatic heterocycles. The van der Waals surface area contributed by atoms with Gasteiger partial charge in [0.2, 0.25) is 5.91 Å². The lowest BCUT2D eigenvalue weighted by molar-refractivity contribution is -0.133. The topological polar surface area (TPSA) is 42.3 Å². The fourth-order valence-corrected chi connectivity index (χ4v) is 3.98. The van der Waals surface area contributed by atoms with E-state index in [0.717, 1.165) is 37.3 Å². The van der Waals surface area contributed by atoms with Crippen LogP contribution in [0.25, 0.3) is 0 Å². The van der Waals surface area contributed by atoms with Crippen molar-refractivity contribution in [3.8, 4) is 0 Å². The lowest BCUT2D eigenvalue weighted by Gasteiger charge is -2.42. The highest BCUT2D eigenvalue weighted by molar-refractivity contribution is 5.79. The minimum absolute atomic E-state index is 0.0845. The van der Waals surface area contributed by atoms with Gasteiger partial charge in [0.05, 0.1) is 6.42 Å². The molecular formula is C19H20N2O2. The van der Waals surface area contributed by atoms with Gasteiger partial charge in [-0.15, -0.1) is 0 Å². The maximum atomic E-state index is 12.6. The third kappa shape index (κ3) is 2.69. The summed E-state index contributed by atoms with van der Waals surface area (Å²) in [5, 5.41) is 0. The minimum atomic E-state index is 0.0845. The Kier molecular flexibility index (Phi) is 3.52. The first-order chi connectivity index (χ1) is 11.2. The van der Waals surface area contributed by atoms with Gasteiger partial charge in [-0.1, -0.05) is 36.4 Å². The second-order valence-electron chi connectivity index (χ2n) is 6.66. The number of fused-ring (bicyclic) bond motifs is 4. The zero-order valence-electron chi connectivity index (χ0n) is 13.0. The molecule has 1 aromatic heterocycles. The highest BCUT2D eigenvalue weighted by Gasteiger charge is 2.35. The largest absolute Gasteiger partial charge is 0.341 e. The minimum Gasteiger partial charge on any atom is -0.341 e. The van der Waals surface area contributed by atoms with Crippen molar-refractivity contribution in [1.29, 1.82) is 0 Å². The SMILES string of the molecule is O=C(Cc1ccccc1)N1CC2CC(C1)c1cccc(=O)n1C2. The second-order valence-corrected chi connectivity index (χ2v) is 6.66. The molecule has 1 fully saturated rings. The summed E-state index contributed by atoms with van der Waals surface area (Å²) in [6.07, 6.45) is 1.54. The van der Waals surface area contributed by atoms with Gasteiger partial charge in [-0.3, -0.25) is 9.59 Å². The summed E-state index contributed by atoms with van der Waals surface area (Å²) >= 11 is 0. The molecule has 0 N–H and O–H groups in total. The van der Waals surface area contributed by atoms with Crippen molar-refractivity contribution < 1.29 is 4.79 Å². The van der Waals surface area contributed by atoms with E-state index in [-0.39, 0.29) is 17.4 Å². The number of carbonyl (C=O) groups is 1. The summed E-state index contributed by atoms with van der Waals surface area (Å²) < 4.78 is 1.90. The van der Waals surface area contributed by atoms with Crippen LogP contribution in [0, 0.1) is 5.92 Å². The van der Waals surface area contributed by atoms with Crippen molar-refractivity contribution in [3.05, 3.63) is 70.1 Å². The predicted octanol–water partition coefficient (Wildman–Crippen LogP) is 2.04. The van der Waals surface area contributed by atoms with Crippen molar-refractivity contribution >= 4 is 5.91 Å². The van der Waals surface area contributed by atoms with E-state index in [9.17, 15) is 9.59 Å². The van der Waals surface area contributed by atoms with Gasteiger partial charge >= 0.3 is 0 Å². The van der Waals surface area contributed by atoms with E-state index in [0.29, 0.717) is 12.3 Å². The second kappa shape index (κ2) is 5.69. The Labute approximate surface area is 135 Å². The standard InChI is InChI=1S/C19H20N2O2/c22-18-8-4-7-17-16-9-15(12-21(17)18)11-20(13-16)19(23)10-14-5-2-1-3-6-14/h1-8,15-16H,9-13H2. The number of hydrogen-bond donors (Lipinski definition) is 0. The number of amides is 1. The molecule has 1 saturated heterocycles. The van der Waals surface area contributed by atoms with E-state index in [4.69, 9.17) is 0 Å². The van der Waals surface area contributed by atoms with Gasteiger partial charge < -0.3 is 9.47 Å². The van der Waals surface area contributed by atoms with Crippen LogP contribution in [0.5, 0.6) is 0 Å². The van der Waals surface area contributed by atoms with E-state index in [1.54, 1.807) is 6.07 Å². The van der Waals surface area contributed by atoms with Crippen LogP contribution >= 0.6 is 0 Å². The maximum Gasteiger partial charge on any atom is 0.250 e. The monoisotopic (exact) mass is 308 g/mol. The molecule has 0 spiro atoms. The number of benzene rings is 1. The first-order valence-corrected chi connectivity index (χ1v) is 8.22. The summed E-state index contributed by atoms with van der Waals surface area (Å²) in [6.45, 7) is 2.23. The van der Waals surface area contributed by atoms with Gasteiger partial charge in [0, 0.05) is 37.3 Å². The average Bonchev–Trinajstić information content (AvgIpc) is 2.57. The van der Waals surface area contributed by atoms with Gasteiger partial charge in [-0.25, -0.2) is 0 Å². The Morgan fingerprint density at radius 2 is 1.83 bits per heavy atom. The molecule has 0 aliphatic carbocycles. The third-order valence-corrected chi connectivity index (χ3v) is 5.03.